The smallest absolute Gasteiger partial charge is 0.276 e. The standard InChI is InChI=1S/C22H28FN5O/c1-2-7-18(23)11-6-8-16-13-27(14-16)15-20-25-22(29)19-12-24-21(28(19)26-20)17-9-4-3-5-10-17/h2,6-8,11-12,16-17H,3-5,9-10,13-15H2,1H3,(H,25,26,29)/b7-2-,8-6+,18-11+. The number of halogens is 1. The Labute approximate surface area is 169 Å². The second-order valence-electron chi connectivity index (χ2n) is 8.04. The van der Waals surface area contributed by atoms with Crippen LogP contribution < -0.4 is 5.56 Å². The molecule has 0 unspecified atom stereocenters. The number of rotatable bonds is 6. The van der Waals surface area contributed by atoms with Gasteiger partial charge in [0.25, 0.3) is 5.56 Å². The van der Waals surface area contributed by atoms with Gasteiger partial charge in [-0.25, -0.2) is 13.9 Å². The third-order valence-electron chi connectivity index (χ3n) is 5.77. The summed E-state index contributed by atoms with van der Waals surface area (Å²) in [5.41, 5.74) is 0.389. The van der Waals surface area contributed by atoms with E-state index in [1.165, 1.54) is 31.4 Å². The fourth-order valence-electron chi connectivity index (χ4n) is 4.26. The first kappa shape index (κ1) is 19.8. The van der Waals surface area contributed by atoms with Crippen molar-refractivity contribution in [1.29, 1.82) is 0 Å². The zero-order valence-corrected chi connectivity index (χ0v) is 16.9. The van der Waals surface area contributed by atoms with Gasteiger partial charge in [-0.3, -0.25) is 9.69 Å². The van der Waals surface area contributed by atoms with Gasteiger partial charge in [0, 0.05) is 24.9 Å². The molecule has 2 aromatic heterocycles. The van der Waals surface area contributed by atoms with Crippen LogP contribution in [0.4, 0.5) is 4.39 Å². The molecule has 2 fully saturated rings. The number of likely N-dealkylation sites (tertiary alicyclic amines) is 1. The molecular formula is C22H28FN5O. The van der Waals surface area contributed by atoms with Crippen molar-refractivity contribution in [3.8, 4) is 0 Å². The van der Waals surface area contributed by atoms with Gasteiger partial charge in [0.15, 0.2) is 5.52 Å². The first-order chi connectivity index (χ1) is 14.1. The molecule has 0 spiro atoms. The predicted octanol–water partition coefficient (Wildman–Crippen LogP) is 3.88. The van der Waals surface area contributed by atoms with Crippen LogP contribution in [0.25, 0.3) is 5.52 Å². The third-order valence-corrected chi connectivity index (χ3v) is 5.77. The normalized spacial score (nSPS) is 20.3. The lowest BCUT2D eigenvalue weighted by Gasteiger charge is -2.37. The first-order valence-electron chi connectivity index (χ1n) is 10.5. The van der Waals surface area contributed by atoms with Gasteiger partial charge in [0.1, 0.15) is 17.5 Å². The van der Waals surface area contributed by atoms with Crippen LogP contribution in [0.15, 0.2) is 47.2 Å². The summed E-state index contributed by atoms with van der Waals surface area (Å²) in [6.07, 6.45) is 16.0. The number of H-pyrrole nitrogens is 1. The molecule has 1 aliphatic carbocycles. The lowest BCUT2D eigenvalue weighted by Crippen LogP contribution is -2.45. The molecule has 3 heterocycles. The van der Waals surface area contributed by atoms with Crippen molar-refractivity contribution in [3.05, 3.63) is 64.4 Å². The fraction of sp³-hybridized carbons (Fsp3) is 0.500. The van der Waals surface area contributed by atoms with E-state index in [-0.39, 0.29) is 11.4 Å². The Hall–Kier alpha value is -2.54. The Morgan fingerprint density at radius 1 is 1.31 bits per heavy atom. The topological polar surface area (TPSA) is 66.3 Å². The van der Waals surface area contributed by atoms with Gasteiger partial charge in [-0.15, -0.1) is 0 Å². The van der Waals surface area contributed by atoms with E-state index in [4.69, 9.17) is 5.10 Å². The van der Waals surface area contributed by atoms with Gasteiger partial charge in [0.2, 0.25) is 0 Å². The van der Waals surface area contributed by atoms with Crippen LogP contribution in [-0.4, -0.2) is 37.6 Å². The number of imidazole rings is 1. The highest BCUT2D eigenvalue weighted by molar-refractivity contribution is 5.42. The maximum Gasteiger partial charge on any atom is 0.276 e. The number of hydrogen-bond acceptors (Lipinski definition) is 4. The van der Waals surface area contributed by atoms with Gasteiger partial charge in [0.05, 0.1) is 12.7 Å². The zero-order valence-electron chi connectivity index (χ0n) is 16.9. The number of hydrogen-bond donors (Lipinski definition) is 1. The van der Waals surface area contributed by atoms with Crippen molar-refractivity contribution in [2.24, 2.45) is 5.92 Å². The predicted molar refractivity (Wildman–Crippen MR) is 111 cm³/mol. The molecule has 1 N–H and O–H groups in total. The summed E-state index contributed by atoms with van der Waals surface area (Å²) in [6, 6.07) is 0. The zero-order chi connectivity index (χ0) is 20.2. The van der Waals surface area contributed by atoms with Crippen molar-refractivity contribution in [2.45, 2.75) is 51.5 Å². The fourth-order valence-corrected chi connectivity index (χ4v) is 4.26. The van der Waals surface area contributed by atoms with E-state index in [1.807, 2.05) is 6.08 Å². The molecule has 6 nitrogen and oxygen atoms in total. The molecule has 1 saturated heterocycles. The van der Waals surface area contributed by atoms with Crippen LogP contribution in [0.3, 0.4) is 0 Å². The maximum absolute atomic E-state index is 13.3. The highest BCUT2D eigenvalue weighted by Crippen LogP contribution is 2.31. The van der Waals surface area contributed by atoms with E-state index < -0.39 is 0 Å². The number of fused-ring (bicyclic) bond motifs is 1. The lowest BCUT2D eigenvalue weighted by atomic mass is 9.89. The molecule has 2 aliphatic rings. The van der Waals surface area contributed by atoms with E-state index in [9.17, 15) is 9.18 Å². The Balaban J connectivity index is 1.41. The Kier molecular flexibility index (Phi) is 6.04. The summed E-state index contributed by atoms with van der Waals surface area (Å²) < 4.78 is 15.1. The molecule has 29 heavy (non-hydrogen) atoms. The van der Waals surface area contributed by atoms with Gasteiger partial charge in [-0.2, -0.15) is 5.10 Å². The van der Waals surface area contributed by atoms with Crippen LogP contribution in [0.2, 0.25) is 0 Å². The average Bonchev–Trinajstić information content (AvgIpc) is 3.11. The van der Waals surface area contributed by atoms with E-state index in [2.05, 4.69) is 14.9 Å². The number of nitrogens with one attached hydrogen (secondary N) is 1. The Bertz CT molecular complexity index is 990. The van der Waals surface area contributed by atoms with Crippen LogP contribution in [0.1, 0.15) is 56.6 Å². The number of aromatic amines is 1. The number of nitrogens with zero attached hydrogens (tertiary/aromatic N) is 4. The van der Waals surface area contributed by atoms with Crippen molar-refractivity contribution >= 4 is 5.52 Å². The molecule has 2 aromatic rings. The summed E-state index contributed by atoms with van der Waals surface area (Å²) in [6.45, 7) is 4.13. The monoisotopic (exact) mass is 397 g/mol. The molecule has 1 aliphatic heterocycles. The van der Waals surface area contributed by atoms with E-state index in [0.717, 1.165) is 31.8 Å². The Morgan fingerprint density at radius 3 is 2.86 bits per heavy atom. The van der Waals surface area contributed by atoms with E-state index in [1.54, 1.807) is 29.8 Å². The van der Waals surface area contributed by atoms with Crippen LogP contribution in [0.5, 0.6) is 0 Å². The minimum atomic E-state index is -0.246. The SMILES string of the molecule is C\C=C/C(F)=C\C=C\C1CN(Cc2nn3c(C4CCCCC4)ncc3c(=O)[nH]2)C1. The number of aromatic nitrogens is 4. The van der Waals surface area contributed by atoms with Gasteiger partial charge in [-0.05, 0) is 31.9 Å². The van der Waals surface area contributed by atoms with E-state index >= 15 is 0 Å². The van der Waals surface area contributed by atoms with Crippen LogP contribution in [0, 0.1) is 5.92 Å². The molecule has 154 valence electrons. The molecule has 0 bridgehead atoms. The van der Waals surface area contributed by atoms with Crippen molar-refractivity contribution < 1.29 is 4.39 Å². The van der Waals surface area contributed by atoms with E-state index in [0.29, 0.717) is 29.7 Å². The average molecular weight is 397 g/mol. The molecular weight excluding hydrogens is 369 g/mol. The Morgan fingerprint density at radius 2 is 2.10 bits per heavy atom. The minimum Gasteiger partial charge on any atom is -0.306 e. The van der Waals surface area contributed by atoms with Crippen LogP contribution in [-0.2, 0) is 6.54 Å². The molecule has 1 saturated carbocycles. The summed E-state index contributed by atoms with van der Waals surface area (Å²) in [5.74, 6) is 2.13. The van der Waals surface area contributed by atoms with Crippen molar-refractivity contribution in [2.75, 3.05) is 13.1 Å². The van der Waals surface area contributed by atoms with Gasteiger partial charge in [-0.1, -0.05) is 37.5 Å². The molecule has 0 aromatic carbocycles. The summed E-state index contributed by atoms with van der Waals surface area (Å²) in [7, 11) is 0. The highest BCUT2D eigenvalue weighted by atomic mass is 19.1. The van der Waals surface area contributed by atoms with Crippen molar-refractivity contribution in [3.63, 3.8) is 0 Å². The maximum atomic E-state index is 13.3. The molecule has 4 rings (SSSR count). The minimum absolute atomic E-state index is 0.133. The van der Waals surface area contributed by atoms with Gasteiger partial charge < -0.3 is 4.98 Å². The summed E-state index contributed by atoms with van der Waals surface area (Å²) in [4.78, 5) is 22.1. The summed E-state index contributed by atoms with van der Waals surface area (Å²) >= 11 is 0. The number of allylic oxidation sites excluding steroid dienone is 5. The molecule has 0 atom stereocenters. The highest BCUT2D eigenvalue weighted by Gasteiger charge is 2.26. The second-order valence-corrected chi connectivity index (χ2v) is 8.04. The largest absolute Gasteiger partial charge is 0.306 e. The third kappa shape index (κ3) is 4.56. The van der Waals surface area contributed by atoms with Crippen molar-refractivity contribution in [1.82, 2.24) is 24.5 Å². The summed E-state index contributed by atoms with van der Waals surface area (Å²) in [5, 5.41) is 4.70. The quantitative estimate of drug-likeness (QED) is 0.751. The van der Waals surface area contributed by atoms with Gasteiger partial charge >= 0.3 is 0 Å². The van der Waals surface area contributed by atoms with Crippen LogP contribution >= 0.6 is 0 Å². The second kappa shape index (κ2) is 8.86. The molecule has 0 amide bonds. The molecule has 7 heteroatoms. The molecule has 0 radical (unpaired) electrons. The lowest BCUT2D eigenvalue weighted by molar-refractivity contribution is 0.118. The first-order valence-corrected chi connectivity index (χ1v) is 10.5.